The zero-order valence-electron chi connectivity index (χ0n) is 21.9. The van der Waals surface area contributed by atoms with E-state index in [2.05, 4.69) is 6.92 Å². The highest BCUT2D eigenvalue weighted by molar-refractivity contribution is 5.88. The van der Waals surface area contributed by atoms with Gasteiger partial charge in [0.25, 0.3) is 0 Å². The van der Waals surface area contributed by atoms with Gasteiger partial charge in [-0.25, -0.2) is 0 Å². The van der Waals surface area contributed by atoms with Crippen LogP contribution in [0.5, 0.6) is 17.2 Å². The molecule has 0 aliphatic carbocycles. The third kappa shape index (κ3) is 6.71. The molecule has 0 radical (unpaired) electrons. The summed E-state index contributed by atoms with van der Waals surface area (Å²) in [5.74, 6) is 0.450. The predicted molar refractivity (Wildman–Crippen MR) is 143 cm³/mol. The van der Waals surface area contributed by atoms with Gasteiger partial charge in [0.05, 0.1) is 18.8 Å². The quantitative estimate of drug-likeness (QED) is 0.215. The SMILES string of the molecule is CCCCCCCCOc1cc(O)c2c(=O)c(-c3ccc(O[C@@H]4O[C@@H](CO)[C@@H](O)[C@@H](O)[C@@H]4O)cc3)coc2c1. The Morgan fingerprint density at radius 3 is 2.33 bits per heavy atom. The Kier molecular flexibility index (Phi) is 9.82. The molecule has 0 unspecified atom stereocenters. The topological polar surface area (TPSA) is 159 Å². The number of rotatable bonds is 12. The van der Waals surface area contributed by atoms with Crippen LogP contribution in [-0.4, -0.2) is 69.5 Å². The summed E-state index contributed by atoms with van der Waals surface area (Å²) < 4.78 is 22.4. The van der Waals surface area contributed by atoms with Crippen molar-refractivity contribution in [1.29, 1.82) is 0 Å². The molecular weight excluding hydrogens is 508 g/mol. The van der Waals surface area contributed by atoms with Crippen molar-refractivity contribution in [3.63, 3.8) is 0 Å². The number of aliphatic hydroxyl groups excluding tert-OH is 4. The fourth-order valence-corrected chi connectivity index (χ4v) is 4.57. The number of unbranched alkanes of at least 4 members (excludes halogenated alkanes) is 5. The standard InChI is InChI=1S/C29H36O10/c1-2-3-4-5-6-7-12-36-19-13-21(31)24-22(14-19)37-16-20(25(24)32)17-8-10-18(11-9-17)38-29-28(35)27(34)26(33)23(15-30)39-29/h8-11,13-14,16,23,26-31,33-35H,2-7,12,15H2,1H3/t23-,26+,27+,28-,29+/m0/s1. The van der Waals surface area contributed by atoms with Crippen LogP contribution in [0.4, 0.5) is 0 Å². The molecule has 3 aromatic rings. The van der Waals surface area contributed by atoms with Gasteiger partial charge in [0.1, 0.15) is 58.9 Å². The molecule has 0 amide bonds. The number of fused-ring (bicyclic) bond motifs is 1. The van der Waals surface area contributed by atoms with E-state index in [1.165, 1.54) is 50.1 Å². The highest BCUT2D eigenvalue weighted by Crippen LogP contribution is 2.31. The zero-order valence-corrected chi connectivity index (χ0v) is 21.9. The van der Waals surface area contributed by atoms with Gasteiger partial charge in [-0.3, -0.25) is 4.79 Å². The van der Waals surface area contributed by atoms with E-state index in [0.717, 1.165) is 12.8 Å². The molecule has 1 aromatic heterocycles. The summed E-state index contributed by atoms with van der Waals surface area (Å²) in [6, 6.07) is 9.24. The lowest BCUT2D eigenvalue weighted by molar-refractivity contribution is -0.277. The highest BCUT2D eigenvalue weighted by Gasteiger charge is 2.44. The summed E-state index contributed by atoms with van der Waals surface area (Å²) in [6.07, 6.45) is 1.10. The number of benzene rings is 2. The molecule has 5 atom stereocenters. The third-order valence-electron chi connectivity index (χ3n) is 6.86. The van der Waals surface area contributed by atoms with Gasteiger partial charge in [-0.2, -0.15) is 0 Å². The van der Waals surface area contributed by atoms with Gasteiger partial charge in [0, 0.05) is 12.1 Å². The molecule has 4 rings (SSSR count). The zero-order chi connectivity index (χ0) is 27.9. The van der Waals surface area contributed by atoms with Crippen molar-refractivity contribution in [2.45, 2.75) is 76.2 Å². The van der Waals surface area contributed by atoms with Crippen LogP contribution in [-0.2, 0) is 4.74 Å². The largest absolute Gasteiger partial charge is 0.507 e. The van der Waals surface area contributed by atoms with Gasteiger partial charge in [0.15, 0.2) is 0 Å². The Bertz CT molecular complexity index is 1270. The Hall–Kier alpha value is -3.15. The molecule has 0 spiro atoms. The number of aromatic hydroxyl groups is 1. The molecule has 39 heavy (non-hydrogen) atoms. The molecule has 1 aliphatic heterocycles. The Labute approximate surface area is 226 Å². The van der Waals surface area contributed by atoms with E-state index in [0.29, 0.717) is 17.9 Å². The van der Waals surface area contributed by atoms with Crippen molar-refractivity contribution in [2.24, 2.45) is 0 Å². The van der Waals surface area contributed by atoms with Crippen LogP contribution in [0.3, 0.4) is 0 Å². The first-order valence-corrected chi connectivity index (χ1v) is 13.3. The summed E-state index contributed by atoms with van der Waals surface area (Å²) in [5, 5.41) is 50.0. The van der Waals surface area contributed by atoms with E-state index in [4.69, 9.17) is 18.6 Å². The van der Waals surface area contributed by atoms with Crippen molar-refractivity contribution in [2.75, 3.05) is 13.2 Å². The van der Waals surface area contributed by atoms with E-state index in [1.807, 2.05) is 0 Å². The molecule has 1 fully saturated rings. The number of hydrogen-bond acceptors (Lipinski definition) is 10. The molecule has 0 bridgehead atoms. The fraction of sp³-hybridized carbons (Fsp3) is 0.483. The fourth-order valence-electron chi connectivity index (χ4n) is 4.57. The summed E-state index contributed by atoms with van der Waals surface area (Å²) in [4.78, 5) is 13.2. The number of phenolic OH excluding ortho intramolecular Hbond substituents is 1. The molecule has 1 aliphatic rings. The second kappa shape index (κ2) is 13.3. The van der Waals surface area contributed by atoms with Gasteiger partial charge in [-0.15, -0.1) is 0 Å². The van der Waals surface area contributed by atoms with E-state index in [1.54, 1.807) is 18.2 Å². The van der Waals surface area contributed by atoms with Crippen LogP contribution in [0.25, 0.3) is 22.1 Å². The smallest absolute Gasteiger partial charge is 0.229 e. The maximum Gasteiger partial charge on any atom is 0.229 e. The predicted octanol–water partition coefficient (Wildman–Crippen LogP) is 3.08. The Morgan fingerprint density at radius 2 is 1.62 bits per heavy atom. The van der Waals surface area contributed by atoms with E-state index >= 15 is 0 Å². The van der Waals surface area contributed by atoms with Gasteiger partial charge < -0.3 is 44.2 Å². The first kappa shape index (κ1) is 28.8. The van der Waals surface area contributed by atoms with Crippen LogP contribution in [0.2, 0.25) is 0 Å². The molecule has 10 heteroatoms. The maximum atomic E-state index is 13.2. The minimum Gasteiger partial charge on any atom is -0.507 e. The summed E-state index contributed by atoms with van der Waals surface area (Å²) in [5.41, 5.74) is 0.510. The van der Waals surface area contributed by atoms with Crippen LogP contribution in [0.15, 0.2) is 51.9 Å². The van der Waals surface area contributed by atoms with E-state index in [9.17, 15) is 30.3 Å². The normalized spacial score (nSPS) is 23.2. The van der Waals surface area contributed by atoms with Crippen LogP contribution < -0.4 is 14.9 Å². The molecular formula is C29H36O10. The molecule has 2 aromatic carbocycles. The summed E-state index contributed by atoms with van der Waals surface area (Å²) >= 11 is 0. The number of hydrogen-bond donors (Lipinski definition) is 5. The molecule has 212 valence electrons. The summed E-state index contributed by atoms with van der Waals surface area (Å²) in [6.45, 7) is 2.12. The Morgan fingerprint density at radius 1 is 0.897 bits per heavy atom. The molecule has 2 heterocycles. The lowest BCUT2D eigenvalue weighted by Crippen LogP contribution is -2.60. The van der Waals surface area contributed by atoms with Crippen molar-refractivity contribution in [1.82, 2.24) is 0 Å². The van der Waals surface area contributed by atoms with Gasteiger partial charge in [-0.1, -0.05) is 51.2 Å². The van der Waals surface area contributed by atoms with Crippen molar-refractivity contribution in [3.05, 3.63) is 52.9 Å². The van der Waals surface area contributed by atoms with Crippen LogP contribution >= 0.6 is 0 Å². The van der Waals surface area contributed by atoms with Crippen molar-refractivity contribution >= 4 is 11.0 Å². The maximum absolute atomic E-state index is 13.2. The minimum absolute atomic E-state index is 0.0426. The average molecular weight is 545 g/mol. The first-order valence-electron chi connectivity index (χ1n) is 13.3. The number of aliphatic hydroxyl groups is 4. The third-order valence-corrected chi connectivity index (χ3v) is 6.86. The number of ether oxygens (including phenoxy) is 3. The first-order chi connectivity index (χ1) is 18.8. The lowest BCUT2D eigenvalue weighted by atomic mass is 9.99. The number of phenols is 1. The monoisotopic (exact) mass is 544 g/mol. The molecule has 1 saturated heterocycles. The lowest BCUT2D eigenvalue weighted by Gasteiger charge is -2.39. The van der Waals surface area contributed by atoms with E-state index in [-0.39, 0.29) is 28.0 Å². The van der Waals surface area contributed by atoms with Crippen LogP contribution in [0.1, 0.15) is 45.4 Å². The van der Waals surface area contributed by atoms with Crippen molar-refractivity contribution in [3.8, 4) is 28.4 Å². The molecule has 5 N–H and O–H groups in total. The Balaban J connectivity index is 1.44. The van der Waals surface area contributed by atoms with Gasteiger partial charge in [-0.05, 0) is 24.1 Å². The van der Waals surface area contributed by atoms with Gasteiger partial charge >= 0.3 is 0 Å². The van der Waals surface area contributed by atoms with E-state index < -0.39 is 42.7 Å². The molecule has 0 saturated carbocycles. The van der Waals surface area contributed by atoms with Crippen LogP contribution in [0, 0.1) is 0 Å². The van der Waals surface area contributed by atoms with Gasteiger partial charge in [0.2, 0.25) is 11.7 Å². The second-order valence-electron chi connectivity index (χ2n) is 9.75. The van der Waals surface area contributed by atoms with Crippen molar-refractivity contribution < 1.29 is 44.2 Å². The summed E-state index contributed by atoms with van der Waals surface area (Å²) in [7, 11) is 0. The second-order valence-corrected chi connectivity index (χ2v) is 9.75. The average Bonchev–Trinajstić information content (AvgIpc) is 2.93. The highest BCUT2D eigenvalue weighted by atomic mass is 16.7. The minimum atomic E-state index is -1.56. The molecule has 10 nitrogen and oxygen atoms in total.